The molecule has 2 heterocycles. The van der Waals surface area contributed by atoms with Gasteiger partial charge in [0.25, 0.3) is 0 Å². The van der Waals surface area contributed by atoms with Crippen molar-refractivity contribution in [1.82, 2.24) is 14.5 Å². The van der Waals surface area contributed by atoms with Gasteiger partial charge in [-0.2, -0.15) is 0 Å². The zero-order chi connectivity index (χ0) is 19.7. The molecule has 0 saturated heterocycles. The molecule has 0 spiro atoms. The molecule has 8 heteroatoms. The second-order valence-corrected chi connectivity index (χ2v) is 5.85. The smallest absolute Gasteiger partial charge is 0.340 e. The van der Waals surface area contributed by atoms with E-state index in [1.165, 1.54) is 14.2 Å². The van der Waals surface area contributed by atoms with Gasteiger partial charge in [0.1, 0.15) is 11.3 Å². The van der Waals surface area contributed by atoms with E-state index in [1.807, 2.05) is 18.5 Å². The van der Waals surface area contributed by atoms with Gasteiger partial charge in [-0.05, 0) is 25.1 Å². The lowest BCUT2D eigenvalue weighted by Gasteiger charge is -2.14. The van der Waals surface area contributed by atoms with Gasteiger partial charge in [-0.25, -0.2) is 14.8 Å². The minimum atomic E-state index is -0.478. The quantitative estimate of drug-likeness (QED) is 0.638. The Morgan fingerprint density at radius 1 is 0.963 bits per heavy atom. The second kappa shape index (κ2) is 7.14. The molecule has 0 aliphatic carbocycles. The zero-order valence-corrected chi connectivity index (χ0v) is 16.1. The number of benzene rings is 1. The summed E-state index contributed by atoms with van der Waals surface area (Å²) in [5.41, 5.74) is 2.69. The summed E-state index contributed by atoms with van der Waals surface area (Å²) in [6.45, 7) is 1.85. The van der Waals surface area contributed by atoms with Crippen molar-refractivity contribution in [3.8, 4) is 28.5 Å². The molecule has 0 aliphatic rings. The molecule has 3 rings (SSSR count). The van der Waals surface area contributed by atoms with Gasteiger partial charge in [0.15, 0.2) is 17.1 Å². The van der Waals surface area contributed by atoms with Gasteiger partial charge in [-0.3, -0.25) is 0 Å². The van der Waals surface area contributed by atoms with Crippen LogP contribution in [0.15, 0.2) is 18.2 Å². The second-order valence-electron chi connectivity index (χ2n) is 5.85. The van der Waals surface area contributed by atoms with Crippen LogP contribution < -0.4 is 14.2 Å². The van der Waals surface area contributed by atoms with Gasteiger partial charge < -0.3 is 23.5 Å². The maximum Gasteiger partial charge on any atom is 0.340 e. The number of carbonyl (C=O) groups excluding carboxylic acids is 1. The van der Waals surface area contributed by atoms with Crippen molar-refractivity contribution in [2.24, 2.45) is 7.05 Å². The maximum atomic E-state index is 12.3. The van der Waals surface area contributed by atoms with E-state index in [-0.39, 0.29) is 0 Å². The Morgan fingerprint density at radius 3 is 2.11 bits per heavy atom. The van der Waals surface area contributed by atoms with Crippen molar-refractivity contribution in [2.75, 3.05) is 28.4 Å². The number of nitrogens with zero attached hydrogens (tertiary/aromatic N) is 3. The molecule has 8 nitrogen and oxygen atoms in total. The number of hydrogen-bond acceptors (Lipinski definition) is 7. The van der Waals surface area contributed by atoms with E-state index in [0.717, 1.165) is 5.82 Å². The minimum absolute atomic E-state index is 0.343. The number of methoxy groups -OCH3 is 4. The van der Waals surface area contributed by atoms with E-state index < -0.39 is 5.97 Å². The third-order valence-corrected chi connectivity index (χ3v) is 4.42. The van der Waals surface area contributed by atoms with E-state index in [1.54, 1.807) is 32.4 Å². The SMILES string of the molecule is COC(=O)c1cc(-c2cc(OC)c(OC)c(OC)c2)nc2c1nc(C)n2C. The fraction of sp³-hybridized carbons (Fsp3) is 0.316. The van der Waals surface area contributed by atoms with Gasteiger partial charge in [0.2, 0.25) is 5.75 Å². The fourth-order valence-electron chi connectivity index (χ4n) is 2.90. The van der Waals surface area contributed by atoms with E-state index >= 15 is 0 Å². The van der Waals surface area contributed by atoms with Crippen LogP contribution in [-0.2, 0) is 11.8 Å². The summed E-state index contributed by atoms with van der Waals surface area (Å²) in [6.07, 6.45) is 0. The molecule has 3 aromatic rings. The first-order valence-electron chi connectivity index (χ1n) is 8.17. The first-order valence-corrected chi connectivity index (χ1v) is 8.17. The largest absolute Gasteiger partial charge is 0.493 e. The molecule has 0 unspecified atom stereocenters. The Labute approximate surface area is 156 Å². The van der Waals surface area contributed by atoms with Crippen LogP contribution in [0, 0.1) is 6.92 Å². The summed E-state index contributed by atoms with van der Waals surface area (Å²) < 4.78 is 22.9. The summed E-state index contributed by atoms with van der Waals surface area (Å²) in [5.74, 6) is 1.73. The van der Waals surface area contributed by atoms with Gasteiger partial charge in [-0.15, -0.1) is 0 Å². The standard InChI is InChI=1S/C19H21N3O5/c1-10-20-16-12(19(23)27-6)9-13(21-18(16)22(10)2)11-7-14(24-3)17(26-5)15(8-11)25-4/h7-9H,1-6H3. The lowest BCUT2D eigenvalue weighted by molar-refractivity contribution is 0.0602. The summed E-state index contributed by atoms with van der Waals surface area (Å²) in [5, 5.41) is 0. The summed E-state index contributed by atoms with van der Waals surface area (Å²) >= 11 is 0. The molecule has 27 heavy (non-hydrogen) atoms. The van der Waals surface area contributed by atoms with Gasteiger partial charge in [0.05, 0.1) is 39.7 Å². The predicted octanol–water partition coefficient (Wildman–Crippen LogP) is 2.76. The Hall–Kier alpha value is -3.29. The van der Waals surface area contributed by atoms with Crippen molar-refractivity contribution in [3.05, 3.63) is 29.6 Å². The molecule has 142 valence electrons. The monoisotopic (exact) mass is 371 g/mol. The Kier molecular flexibility index (Phi) is 4.89. The number of esters is 1. The molecule has 0 aliphatic heterocycles. The Balaban J connectivity index is 2.31. The molecular formula is C19H21N3O5. The third kappa shape index (κ3) is 3.03. The maximum absolute atomic E-state index is 12.3. The molecule has 0 N–H and O–H groups in total. The summed E-state index contributed by atoms with van der Waals surface area (Å²) in [4.78, 5) is 21.4. The van der Waals surface area contributed by atoms with Gasteiger partial charge in [-0.1, -0.05) is 0 Å². The molecule has 1 aromatic carbocycles. The number of hydrogen-bond donors (Lipinski definition) is 0. The molecule has 0 fully saturated rings. The average Bonchev–Trinajstić information content (AvgIpc) is 2.99. The number of carbonyl (C=O) groups is 1. The average molecular weight is 371 g/mol. The lowest BCUT2D eigenvalue weighted by atomic mass is 10.1. The number of pyridine rings is 1. The van der Waals surface area contributed by atoms with Crippen LogP contribution in [0.2, 0.25) is 0 Å². The van der Waals surface area contributed by atoms with Crippen LogP contribution in [0.3, 0.4) is 0 Å². The first kappa shape index (κ1) is 18.5. The van der Waals surface area contributed by atoms with E-state index in [9.17, 15) is 4.79 Å². The van der Waals surface area contributed by atoms with Crippen LogP contribution in [-0.4, -0.2) is 48.9 Å². The highest BCUT2D eigenvalue weighted by atomic mass is 16.5. The van der Waals surface area contributed by atoms with Crippen molar-refractivity contribution in [1.29, 1.82) is 0 Å². The number of imidazole rings is 1. The van der Waals surface area contributed by atoms with Crippen LogP contribution in [0.5, 0.6) is 17.2 Å². The normalized spacial score (nSPS) is 10.7. The predicted molar refractivity (Wildman–Crippen MR) is 99.7 cm³/mol. The highest BCUT2D eigenvalue weighted by Crippen LogP contribution is 2.41. The molecular weight excluding hydrogens is 350 g/mol. The van der Waals surface area contributed by atoms with Crippen molar-refractivity contribution in [3.63, 3.8) is 0 Å². The molecule has 0 amide bonds. The molecule has 2 aromatic heterocycles. The number of fused-ring (bicyclic) bond motifs is 1. The summed E-state index contributed by atoms with van der Waals surface area (Å²) in [6, 6.07) is 5.21. The number of rotatable bonds is 5. The van der Waals surface area contributed by atoms with E-state index in [0.29, 0.717) is 45.2 Å². The summed E-state index contributed by atoms with van der Waals surface area (Å²) in [7, 11) is 7.81. The van der Waals surface area contributed by atoms with Crippen LogP contribution in [0.25, 0.3) is 22.4 Å². The van der Waals surface area contributed by atoms with Crippen LogP contribution >= 0.6 is 0 Å². The molecule has 0 saturated carbocycles. The van der Waals surface area contributed by atoms with Crippen LogP contribution in [0.4, 0.5) is 0 Å². The molecule has 0 bridgehead atoms. The third-order valence-electron chi connectivity index (χ3n) is 4.42. The number of aromatic nitrogens is 3. The highest BCUT2D eigenvalue weighted by Gasteiger charge is 2.21. The number of aryl methyl sites for hydroxylation is 2. The fourth-order valence-corrected chi connectivity index (χ4v) is 2.90. The van der Waals surface area contributed by atoms with Crippen LogP contribution in [0.1, 0.15) is 16.2 Å². The minimum Gasteiger partial charge on any atom is -0.493 e. The van der Waals surface area contributed by atoms with Gasteiger partial charge in [0, 0.05) is 12.6 Å². The number of ether oxygens (including phenoxy) is 4. The zero-order valence-electron chi connectivity index (χ0n) is 16.1. The van der Waals surface area contributed by atoms with E-state index in [2.05, 4.69) is 4.98 Å². The first-order chi connectivity index (χ1) is 12.9. The van der Waals surface area contributed by atoms with Crippen molar-refractivity contribution in [2.45, 2.75) is 6.92 Å². The molecule has 0 atom stereocenters. The van der Waals surface area contributed by atoms with Gasteiger partial charge >= 0.3 is 5.97 Å². The lowest BCUT2D eigenvalue weighted by Crippen LogP contribution is -2.05. The Morgan fingerprint density at radius 2 is 1.59 bits per heavy atom. The van der Waals surface area contributed by atoms with Crippen molar-refractivity contribution < 1.29 is 23.7 Å². The highest BCUT2D eigenvalue weighted by molar-refractivity contribution is 6.02. The topological polar surface area (TPSA) is 84.7 Å². The molecule has 0 radical (unpaired) electrons. The van der Waals surface area contributed by atoms with E-state index in [4.69, 9.17) is 23.9 Å². The van der Waals surface area contributed by atoms with Crippen molar-refractivity contribution >= 4 is 17.1 Å². The Bertz CT molecular complexity index is 1000.